The first-order valence-electron chi connectivity index (χ1n) is 6.00. The lowest BCUT2D eigenvalue weighted by Crippen LogP contribution is -2.48. The number of aliphatic carboxylic acids is 2. The fourth-order valence-electron chi connectivity index (χ4n) is 1.29. The van der Waals surface area contributed by atoms with Crippen molar-refractivity contribution in [3.05, 3.63) is 0 Å². The second-order valence-corrected chi connectivity index (χ2v) is 4.40. The first-order valence-corrected chi connectivity index (χ1v) is 6.47. The highest BCUT2D eigenvalue weighted by molar-refractivity contribution is 7.79. The Balaban J connectivity index is 4.15. The molecule has 0 saturated carbocycles. The van der Waals surface area contributed by atoms with E-state index in [2.05, 4.69) is 22.9 Å². The summed E-state index contributed by atoms with van der Waals surface area (Å²) in [6, 6.07) is -2.17. The van der Waals surface area contributed by atoms with Gasteiger partial charge in [-0.2, -0.15) is 0 Å². The van der Waals surface area contributed by atoms with Crippen LogP contribution in [0, 0.1) is 0 Å². The van der Waals surface area contributed by atoms with E-state index < -0.39 is 42.4 Å². The van der Waals surface area contributed by atoms with Crippen LogP contribution in [0.25, 0.3) is 0 Å². The molecule has 0 bridgehead atoms. The van der Waals surface area contributed by atoms with Crippen LogP contribution in [0.1, 0.15) is 19.3 Å². The first-order chi connectivity index (χ1) is 9.77. The highest BCUT2D eigenvalue weighted by Crippen LogP contribution is 1.99. The van der Waals surface area contributed by atoms with E-state index in [-0.39, 0.29) is 19.3 Å². The molecule has 0 aromatic rings. The zero-order chi connectivity index (χ0) is 16.4. The van der Waals surface area contributed by atoms with E-state index in [4.69, 9.17) is 15.9 Å². The minimum absolute atomic E-state index is 0.0210. The molecule has 0 fully saturated rings. The van der Waals surface area contributed by atoms with Crippen LogP contribution in [0.5, 0.6) is 0 Å². The van der Waals surface area contributed by atoms with Crippen molar-refractivity contribution in [2.45, 2.75) is 31.3 Å². The highest BCUT2D eigenvalue weighted by atomic mass is 32.1. The molecule has 0 spiro atoms. The van der Waals surface area contributed by atoms with Crippen molar-refractivity contribution >= 4 is 41.3 Å². The van der Waals surface area contributed by atoms with Crippen molar-refractivity contribution in [1.82, 2.24) is 10.6 Å². The summed E-state index contributed by atoms with van der Waals surface area (Å²) in [7, 11) is 0. The van der Waals surface area contributed by atoms with E-state index in [0.29, 0.717) is 0 Å². The largest absolute Gasteiger partial charge is 0.480 e. The van der Waals surface area contributed by atoms with Gasteiger partial charge in [-0.3, -0.25) is 19.2 Å². The molecular formula is C11H17N3O6S. The average molecular weight is 319 g/mol. The Hall–Kier alpha value is -2.07. The van der Waals surface area contributed by atoms with Crippen LogP contribution in [-0.4, -0.2) is 58.0 Å². The zero-order valence-corrected chi connectivity index (χ0v) is 11.9. The molecule has 0 unspecified atom stereocenters. The van der Waals surface area contributed by atoms with Crippen molar-refractivity contribution < 1.29 is 29.4 Å². The number of nitrogens with two attached hydrogens (primary N) is 1. The average Bonchev–Trinajstić information content (AvgIpc) is 2.41. The molecule has 10 heteroatoms. The maximum absolute atomic E-state index is 11.5. The minimum atomic E-state index is -1.22. The summed E-state index contributed by atoms with van der Waals surface area (Å²) >= 11 is 4.59. The molecule has 0 aromatic heterocycles. The van der Waals surface area contributed by atoms with E-state index in [9.17, 15) is 19.2 Å². The van der Waals surface area contributed by atoms with Gasteiger partial charge in [-0.1, -0.05) is 12.2 Å². The number of amides is 2. The predicted octanol–water partition coefficient (Wildman–Crippen LogP) is -1.75. The number of carboxylic acid groups (broad SMARTS) is 2. The van der Waals surface area contributed by atoms with Crippen LogP contribution in [0.15, 0.2) is 0 Å². The van der Waals surface area contributed by atoms with Gasteiger partial charge in [0, 0.05) is 11.8 Å². The van der Waals surface area contributed by atoms with Gasteiger partial charge in [0.05, 0.1) is 0 Å². The molecule has 0 aromatic carbocycles. The van der Waals surface area contributed by atoms with Crippen LogP contribution < -0.4 is 16.4 Å². The normalized spacial score (nSPS) is 12.8. The van der Waals surface area contributed by atoms with E-state index in [0.717, 1.165) is 5.37 Å². The van der Waals surface area contributed by atoms with Gasteiger partial charge in [-0.25, -0.2) is 0 Å². The van der Waals surface area contributed by atoms with E-state index in [1.807, 2.05) is 0 Å². The van der Waals surface area contributed by atoms with Gasteiger partial charge in [0.1, 0.15) is 18.6 Å². The molecule has 0 saturated heterocycles. The molecule has 0 radical (unpaired) electrons. The summed E-state index contributed by atoms with van der Waals surface area (Å²) in [4.78, 5) is 43.8. The number of hydrogen-bond donors (Lipinski definition) is 5. The van der Waals surface area contributed by atoms with Crippen molar-refractivity contribution in [1.29, 1.82) is 0 Å². The van der Waals surface area contributed by atoms with Crippen molar-refractivity contribution in [2.75, 3.05) is 6.54 Å². The Kier molecular flexibility index (Phi) is 8.81. The van der Waals surface area contributed by atoms with Gasteiger partial charge in [0.15, 0.2) is 0 Å². The summed E-state index contributed by atoms with van der Waals surface area (Å²) in [6.45, 7) is -0.582. The summed E-state index contributed by atoms with van der Waals surface area (Å²) in [6.07, 6.45) is 0.337. The Morgan fingerprint density at radius 1 is 1.24 bits per heavy atom. The van der Waals surface area contributed by atoms with Gasteiger partial charge in [0.2, 0.25) is 11.8 Å². The van der Waals surface area contributed by atoms with Gasteiger partial charge >= 0.3 is 11.9 Å². The van der Waals surface area contributed by atoms with Crippen LogP contribution in [-0.2, 0) is 19.2 Å². The quantitative estimate of drug-likeness (QED) is 0.297. The summed E-state index contributed by atoms with van der Waals surface area (Å²) < 4.78 is 0. The van der Waals surface area contributed by atoms with Crippen LogP contribution in [0.3, 0.4) is 0 Å². The topological polar surface area (TPSA) is 159 Å². The Morgan fingerprint density at radius 3 is 2.33 bits per heavy atom. The van der Waals surface area contributed by atoms with Crippen molar-refractivity contribution in [3.63, 3.8) is 0 Å². The van der Waals surface area contributed by atoms with Gasteiger partial charge in [-0.15, -0.1) is 0 Å². The first kappa shape index (κ1) is 18.9. The third-order valence-electron chi connectivity index (χ3n) is 2.39. The second-order valence-electron chi connectivity index (χ2n) is 4.13. The lowest BCUT2D eigenvalue weighted by molar-refractivity contribution is -0.139. The highest BCUT2D eigenvalue weighted by Gasteiger charge is 2.19. The maximum atomic E-state index is 11.5. The van der Waals surface area contributed by atoms with Crippen molar-refractivity contribution in [3.8, 4) is 0 Å². The SMILES string of the molecule is N[C@@H](CCCC(=O)N[C@@H](C=S)C(=O)NCC(=O)O)C(=O)O. The smallest absolute Gasteiger partial charge is 0.322 e. The van der Waals surface area contributed by atoms with E-state index in [1.165, 1.54) is 0 Å². The lowest BCUT2D eigenvalue weighted by Gasteiger charge is -2.13. The molecular weight excluding hydrogens is 302 g/mol. The second kappa shape index (κ2) is 9.77. The summed E-state index contributed by atoms with van der Waals surface area (Å²) in [5, 5.41) is 22.4. The third-order valence-corrected chi connectivity index (χ3v) is 2.66. The third kappa shape index (κ3) is 8.65. The van der Waals surface area contributed by atoms with Gasteiger partial charge in [0.25, 0.3) is 0 Å². The van der Waals surface area contributed by atoms with E-state index >= 15 is 0 Å². The molecule has 2 amide bonds. The number of carbonyl (C=O) groups excluding carboxylic acids is 2. The van der Waals surface area contributed by atoms with Crippen molar-refractivity contribution in [2.24, 2.45) is 5.73 Å². The molecule has 6 N–H and O–H groups in total. The Morgan fingerprint density at radius 2 is 1.86 bits per heavy atom. The number of carbonyl (C=O) groups is 4. The fraction of sp³-hybridized carbons (Fsp3) is 0.545. The summed E-state index contributed by atoms with van der Waals surface area (Å²) in [5.41, 5.74) is 5.27. The molecule has 0 aliphatic rings. The fourth-order valence-corrected chi connectivity index (χ4v) is 1.48. The number of thiocarbonyl (C=S) groups is 1. The van der Waals surface area contributed by atoms with Gasteiger partial charge < -0.3 is 26.6 Å². The standard InChI is InChI=1S/C11H17N3O6S/c12-6(11(19)20)2-1-3-8(15)14-7(5-21)10(18)13-4-9(16)17/h5-7H,1-4,12H2,(H,13,18)(H,14,15)(H,16,17)(H,19,20)/t6-,7-/m0/s1. The Labute approximate surface area is 125 Å². The maximum Gasteiger partial charge on any atom is 0.322 e. The number of rotatable bonds is 10. The molecule has 21 heavy (non-hydrogen) atoms. The number of nitrogens with one attached hydrogen (secondary N) is 2. The minimum Gasteiger partial charge on any atom is -0.480 e. The molecule has 9 nitrogen and oxygen atoms in total. The monoisotopic (exact) mass is 319 g/mol. The van der Waals surface area contributed by atoms with E-state index in [1.54, 1.807) is 0 Å². The predicted molar refractivity (Wildman–Crippen MR) is 75.7 cm³/mol. The molecule has 0 heterocycles. The van der Waals surface area contributed by atoms with Crippen LogP contribution >= 0.6 is 12.2 Å². The molecule has 0 aliphatic heterocycles. The summed E-state index contributed by atoms with van der Waals surface area (Å²) in [5.74, 6) is -3.62. The molecule has 118 valence electrons. The van der Waals surface area contributed by atoms with Crippen LogP contribution in [0.2, 0.25) is 0 Å². The zero-order valence-electron chi connectivity index (χ0n) is 11.1. The van der Waals surface area contributed by atoms with Gasteiger partial charge in [-0.05, 0) is 12.8 Å². The molecule has 2 atom stereocenters. The van der Waals surface area contributed by atoms with Crippen LogP contribution in [0.4, 0.5) is 0 Å². The Bertz CT molecular complexity index is 428. The lowest BCUT2D eigenvalue weighted by atomic mass is 10.1. The molecule has 0 rings (SSSR count). The number of carboxylic acids is 2. The molecule has 0 aliphatic carbocycles. The number of hydrogen-bond acceptors (Lipinski definition) is 6.